The minimum atomic E-state index is -0.787. The molecule has 4 nitrogen and oxygen atoms in total. The molecule has 3 N–H and O–H groups in total. The summed E-state index contributed by atoms with van der Waals surface area (Å²) in [5, 5.41) is 3.29. The zero-order chi connectivity index (χ0) is 21.1. The molecule has 2 aromatic rings. The lowest BCUT2D eigenvalue weighted by Crippen LogP contribution is -2.34. The maximum absolute atomic E-state index is 12.7. The first kappa shape index (κ1) is 22.1. The van der Waals surface area contributed by atoms with Gasteiger partial charge in [-0.15, -0.1) is 11.6 Å². The summed E-state index contributed by atoms with van der Waals surface area (Å²) in [5.74, 6) is -0.0642. The van der Waals surface area contributed by atoms with E-state index in [1.165, 1.54) is 7.11 Å². The first-order valence-electron chi connectivity index (χ1n) is 9.55. The molecule has 2 aromatic carbocycles. The number of aryl methyl sites for hydroxylation is 1. The van der Waals surface area contributed by atoms with E-state index in [-0.39, 0.29) is 11.9 Å². The molecule has 2 rings (SSSR count). The van der Waals surface area contributed by atoms with Gasteiger partial charge < -0.3 is 15.8 Å². The standard InChI is InChI=1S/C23H31ClN2O2/c1-7-26-19-11-10-18(15(3)21(19)25)20(23(4,5)22(27)28-6)16-9-8-14(2)17(12-16)13-24/h8-12,20,26H,7,13,25H2,1-6H3. The summed E-state index contributed by atoms with van der Waals surface area (Å²) < 4.78 is 5.14. The van der Waals surface area contributed by atoms with Gasteiger partial charge in [0.1, 0.15) is 0 Å². The Morgan fingerprint density at radius 3 is 2.50 bits per heavy atom. The van der Waals surface area contributed by atoms with Crippen LogP contribution < -0.4 is 11.1 Å². The second kappa shape index (κ2) is 8.87. The van der Waals surface area contributed by atoms with E-state index in [1.54, 1.807) is 0 Å². The van der Waals surface area contributed by atoms with Gasteiger partial charge in [-0.3, -0.25) is 4.79 Å². The van der Waals surface area contributed by atoms with E-state index >= 15 is 0 Å². The maximum atomic E-state index is 12.7. The Balaban J connectivity index is 2.73. The summed E-state index contributed by atoms with van der Waals surface area (Å²) in [6, 6.07) is 10.2. The molecule has 0 fully saturated rings. The summed E-state index contributed by atoms with van der Waals surface area (Å²) in [6.07, 6.45) is 0. The van der Waals surface area contributed by atoms with Crippen molar-refractivity contribution in [2.24, 2.45) is 5.41 Å². The molecule has 0 radical (unpaired) electrons. The average Bonchev–Trinajstić information content (AvgIpc) is 2.67. The smallest absolute Gasteiger partial charge is 0.312 e. The molecular formula is C23H31ClN2O2. The molecule has 0 aromatic heterocycles. The lowest BCUT2D eigenvalue weighted by atomic mass is 9.69. The summed E-state index contributed by atoms with van der Waals surface area (Å²) in [5.41, 5.74) is 12.4. The number of anilines is 2. The minimum absolute atomic E-state index is 0.222. The van der Waals surface area contributed by atoms with Crippen molar-refractivity contribution in [3.63, 3.8) is 0 Å². The molecule has 0 aliphatic rings. The fourth-order valence-electron chi connectivity index (χ4n) is 3.78. The molecule has 1 atom stereocenters. The van der Waals surface area contributed by atoms with Gasteiger partial charge in [0, 0.05) is 18.3 Å². The van der Waals surface area contributed by atoms with E-state index in [9.17, 15) is 4.79 Å². The second-order valence-corrected chi connectivity index (χ2v) is 8.00. The predicted octanol–water partition coefficient (Wildman–Crippen LogP) is 5.39. The van der Waals surface area contributed by atoms with Gasteiger partial charge in [0.25, 0.3) is 0 Å². The molecule has 0 heterocycles. The molecule has 0 amide bonds. The topological polar surface area (TPSA) is 64.3 Å². The molecule has 0 saturated carbocycles. The minimum Gasteiger partial charge on any atom is -0.469 e. The van der Waals surface area contributed by atoms with Crippen molar-refractivity contribution in [1.29, 1.82) is 0 Å². The van der Waals surface area contributed by atoms with Crippen LogP contribution in [0.15, 0.2) is 30.3 Å². The van der Waals surface area contributed by atoms with Crippen molar-refractivity contribution in [3.05, 3.63) is 58.1 Å². The summed E-state index contributed by atoms with van der Waals surface area (Å²) in [6.45, 7) is 10.7. The number of esters is 1. The van der Waals surface area contributed by atoms with Crippen LogP contribution in [-0.4, -0.2) is 19.6 Å². The Hall–Kier alpha value is -2.20. The number of methoxy groups -OCH3 is 1. The van der Waals surface area contributed by atoms with Crippen LogP contribution in [0.5, 0.6) is 0 Å². The molecule has 0 aliphatic carbocycles. The van der Waals surface area contributed by atoms with Crippen LogP contribution in [0.3, 0.4) is 0 Å². The highest BCUT2D eigenvalue weighted by atomic mass is 35.5. The van der Waals surface area contributed by atoms with Gasteiger partial charge in [0.2, 0.25) is 0 Å². The first-order chi connectivity index (χ1) is 13.2. The van der Waals surface area contributed by atoms with E-state index in [2.05, 4.69) is 29.6 Å². The molecule has 28 heavy (non-hydrogen) atoms. The predicted molar refractivity (Wildman–Crippen MR) is 118 cm³/mol. The number of hydrogen-bond donors (Lipinski definition) is 2. The molecule has 0 saturated heterocycles. The zero-order valence-corrected chi connectivity index (χ0v) is 18.4. The lowest BCUT2D eigenvalue weighted by molar-refractivity contribution is -0.151. The van der Waals surface area contributed by atoms with Crippen molar-refractivity contribution in [1.82, 2.24) is 0 Å². The van der Waals surface area contributed by atoms with Crippen LogP contribution in [0.1, 0.15) is 54.5 Å². The van der Waals surface area contributed by atoms with Gasteiger partial charge in [0.15, 0.2) is 0 Å². The number of nitrogens with two attached hydrogens (primary N) is 1. The lowest BCUT2D eigenvalue weighted by Gasteiger charge is -2.34. The van der Waals surface area contributed by atoms with E-state index in [4.69, 9.17) is 22.1 Å². The fraction of sp³-hybridized carbons (Fsp3) is 0.435. The quantitative estimate of drug-likeness (QED) is 0.370. The molecule has 152 valence electrons. The van der Waals surface area contributed by atoms with Crippen LogP contribution >= 0.6 is 11.6 Å². The number of carbonyl (C=O) groups excluding carboxylic acids is 1. The Kier molecular flexibility index (Phi) is 7.00. The van der Waals surface area contributed by atoms with Gasteiger partial charge >= 0.3 is 5.97 Å². The molecular weight excluding hydrogens is 372 g/mol. The molecule has 5 heteroatoms. The molecule has 1 unspecified atom stereocenters. The van der Waals surface area contributed by atoms with E-state index in [0.717, 1.165) is 40.0 Å². The van der Waals surface area contributed by atoms with Crippen LogP contribution in [0.2, 0.25) is 0 Å². The van der Waals surface area contributed by atoms with Crippen molar-refractivity contribution in [2.45, 2.75) is 46.4 Å². The molecule has 0 spiro atoms. The Morgan fingerprint density at radius 1 is 1.25 bits per heavy atom. The van der Waals surface area contributed by atoms with Gasteiger partial charge in [-0.1, -0.05) is 24.3 Å². The number of carbonyl (C=O) groups is 1. The number of benzene rings is 2. The Morgan fingerprint density at radius 2 is 1.93 bits per heavy atom. The average molecular weight is 403 g/mol. The van der Waals surface area contributed by atoms with Crippen molar-refractivity contribution in [2.75, 3.05) is 24.7 Å². The molecule has 0 aliphatic heterocycles. The summed E-state index contributed by atoms with van der Waals surface area (Å²) >= 11 is 6.15. The Bertz CT molecular complexity index is 862. The normalized spacial score (nSPS) is 12.5. The third-order valence-corrected chi connectivity index (χ3v) is 5.81. The van der Waals surface area contributed by atoms with Crippen LogP contribution in [0.4, 0.5) is 11.4 Å². The van der Waals surface area contributed by atoms with Crippen molar-refractivity contribution in [3.8, 4) is 0 Å². The zero-order valence-electron chi connectivity index (χ0n) is 17.7. The number of hydrogen-bond acceptors (Lipinski definition) is 4. The van der Waals surface area contributed by atoms with Crippen molar-refractivity contribution >= 4 is 28.9 Å². The third kappa shape index (κ3) is 4.12. The highest BCUT2D eigenvalue weighted by Gasteiger charge is 2.41. The monoisotopic (exact) mass is 402 g/mol. The third-order valence-electron chi connectivity index (χ3n) is 5.52. The summed E-state index contributed by atoms with van der Waals surface area (Å²) in [7, 11) is 1.43. The highest BCUT2D eigenvalue weighted by Crippen LogP contribution is 2.45. The van der Waals surface area contributed by atoms with Crippen LogP contribution in [-0.2, 0) is 15.4 Å². The van der Waals surface area contributed by atoms with E-state index in [1.807, 2.05) is 40.7 Å². The second-order valence-electron chi connectivity index (χ2n) is 7.74. The van der Waals surface area contributed by atoms with Crippen molar-refractivity contribution < 1.29 is 9.53 Å². The van der Waals surface area contributed by atoms with Crippen LogP contribution in [0.25, 0.3) is 0 Å². The maximum Gasteiger partial charge on any atom is 0.312 e. The fourth-order valence-corrected chi connectivity index (χ4v) is 4.07. The number of rotatable bonds is 7. The van der Waals surface area contributed by atoms with E-state index in [0.29, 0.717) is 11.6 Å². The number of ether oxygens (including phenoxy) is 1. The van der Waals surface area contributed by atoms with Gasteiger partial charge in [-0.05, 0) is 68.5 Å². The molecule has 0 bridgehead atoms. The summed E-state index contributed by atoms with van der Waals surface area (Å²) in [4.78, 5) is 12.7. The first-order valence-corrected chi connectivity index (χ1v) is 10.1. The Labute approximate surface area is 173 Å². The largest absolute Gasteiger partial charge is 0.469 e. The van der Waals surface area contributed by atoms with Gasteiger partial charge in [0.05, 0.1) is 23.9 Å². The number of alkyl halides is 1. The van der Waals surface area contributed by atoms with Crippen LogP contribution in [0, 0.1) is 19.3 Å². The number of halogens is 1. The number of nitrogen functional groups attached to an aromatic ring is 1. The van der Waals surface area contributed by atoms with Gasteiger partial charge in [-0.2, -0.15) is 0 Å². The SMILES string of the molecule is CCNc1ccc(C(c2ccc(C)c(CCl)c2)C(C)(C)C(=O)OC)c(C)c1N. The number of nitrogens with one attached hydrogen (secondary N) is 1. The highest BCUT2D eigenvalue weighted by molar-refractivity contribution is 6.17. The van der Waals surface area contributed by atoms with Gasteiger partial charge in [-0.25, -0.2) is 0 Å². The van der Waals surface area contributed by atoms with E-state index < -0.39 is 5.41 Å².